The zero-order valence-electron chi connectivity index (χ0n) is 21.0. The Bertz CT molecular complexity index is 809. The van der Waals surface area contributed by atoms with Crippen LogP contribution in [0.25, 0.3) is 0 Å². The summed E-state index contributed by atoms with van der Waals surface area (Å²) in [4.78, 5) is 2.39. The molecule has 0 fully saturated rings. The Kier molecular flexibility index (Phi) is 10.2. The SMILES string of the molecule is CCCCNc1cc(Oc2ccc(C(C)(C)C)cc2)cc(OCCCN(CC)CC)c1N. The Labute approximate surface area is 195 Å². The summed E-state index contributed by atoms with van der Waals surface area (Å²) in [5.74, 6) is 2.20. The molecule has 5 heteroatoms. The van der Waals surface area contributed by atoms with Crippen molar-refractivity contribution in [1.82, 2.24) is 4.90 Å². The van der Waals surface area contributed by atoms with Crippen LogP contribution >= 0.6 is 0 Å². The van der Waals surface area contributed by atoms with Gasteiger partial charge in [0.15, 0.2) is 0 Å². The van der Waals surface area contributed by atoms with Gasteiger partial charge in [0, 0.05) is 25.2 Å². The molecule has 0 spiro atoms. The smallest absolute Gasteiger partial charge is 0.148 e. The third-order valence-electron chi connectivity index (χ3n) is 5.69. The second-order valence-corrected chi connectivity index (χ2v) is 9.27. The molecule has 0 atom stereocenters. The standard InChI is InChI=1S/C27H43N3O2/c1-7-10-16-29-24-19-23(32-22-14-12-21(13-15-22)27(4,5)6)20-25(26(24)28)31-18-11-17-30(8-2)9-3/h12-15,19-20,29H,7-11,16-18,28H2,1-6H3. The van der Waals surface area contributed by atoms with Crippen molar-refractivity contribution in [3.8, 4) is 17.2 Å². The van der Waals surface area contributed by atoms with E-state index in [2.05, 4.69) is 63.9 Å². The maximum absolute atomic E-state index is 6.44. The largest absolute Gasteiger partial charge is 0.491 e. The highest BCUT2D eigenvalue weighted by atomic mass is 16.5. The summed E-state index contributed by atoms with van der Waals surface area (Å²) < 4.78 is 12.3. The van der Waals surface area contributed by atoms with Crippen LogP contribution < -0.4 is 20.5 Å². The second kappa shape index (κ2) is 12.6. The maximum Gasteiger partial charge on any atom is 0.148 e. The van der Waals surface area contributed by atoms with Crippen LogP contribution in [0.1, 0.15) is 66.4 Å². The van der Waals surface area contributed by atoms with Crippen LogP contribution in [-0.2, 0) is 5.41 Å². The molecule has 0 amide bonds. The molecule has 0 unspecified atom stereocenters. The number of nitrogens with two attached hydrogens (primary N) is 1. The summed E-state index contributed by atoms with van der Waals surface area (Å²) in [5.41, 5.74) is 9.33. The van der Waals surface area contributed by atoms with Gasteiger partial charge in [-0.15, -0.1) is 0 Å². The fraction of sp³-hybridized carbons (Fsp3) is 0.556. The van der Waals surface area contributed by atoms with Crippen molar-refractivity contribution in [1.29, 1.82) is 0 Å². The van der Waals surface area contributed by atoms with E-state index < -0.39 is 0 Å². The normalized spacial score (nSPS) is 11.6. The lowest BCUT2D eigenvalue weighted by Crippen LogP contribution is -2.25. The van der Waals surface area contributed by atoms with E-state index in [1.165, 1.54) is 5.56 Å². The molecule has 32 heavy (non-hydrogen) atoms. The van der Waals surface area contributed by atoms with Crippen molar-refractivity contribution in [3.63, 3.8) is 0 Å². The fourth-order valence-corrected chi connectivity index (χ4v) is 3.49. The third kappa shape index (κ3) is 7.94. The first kappa shape index (κ1) is 25.9. The number of anilines is 2. The molecule has 0 saturated heterocycles. The molecule has 178 valence electrons. The first-order valence-corrected chi connectivity index (χ1v) is 12.1. The molecule has 0 aliphatic rings. The van der Waals surface area contributed by atoms with Gasteiger partial charge < -0.3 is 25.4 Å². The molecule has 0 aliphatic carbocycles. The highest BCUT2D eigenvalue weighted by molar-refractivity contribution is 5.75. The molecule has 0 aliphatic heterocycles. The molecule has 5 nitrogen and oxygen atoms in total. The number of benzene rings is 2. The predicted molar refractivity (Wildman–Crippen MR) is 137 cm³/mol. The molecular weight excluding hydrogens is 398 g/mol. The van der Waals surface area contributed by atoms with Crippen LogP contribution in [0, 0.1) is 0 Å². The van der Waals surface area contributed by atoms with Gasteiger partial charge in [-0.3, -0.25) is 0 Å². The van der Waals surface area contributed by atoms with Gasteiger partial charge in [0.2, 0.25) is 0 Å². The average Bonchev–Trinajstić information content (AvgIpc) is 2.76. The summed E-state index contributed by atoms with van der Waals surface area (Å²) in [6, 6.07) is 12.1. The summed E-state index contributed by atoms with van der Waals surface area (Å²) >= 11 is 0. The first-order valence-electron chi connectivity index (χ1n) is 12.1. The molecule has 2 aromatic carbocycles. The minimum Gasteiger partial charge on any atom is -0.491 e. The topological polar surface area (TPSA) is 59.8 Å². The molecular formula is C27H43N3O2. The van der Waals surface area contributed by atoms with E-state index in [0.29, 0.717) is 18.0 Å². The van der Waals surface area contributed by atoms with Crippen molar-refractivity contribution in [2.75, 3.05) is 43.8 Å². The molecule has 3 N–H and O–H groups in total. The van der Waals surface area contributed by atoms with E-state index in [1.54, 1.807) is 0 Å². The fourth-order valence-electron chi connectivity index (χ4n) is 3.49. The van der Waals surface area contributed by atoms with E-state index in [-0.39, 0.29) is 5.41 Å². The number of nitrogens with zero attached hydrogens (tertiary/aromatic N) is 1. The van der Waals surface area contributed by atoms with Crippen molar-refractivity contribution in [3.05, 3.63) is 42.0 Å². The lowest BCUT2D eigenvalue weighted by atomic mass is 9.87. The van der Waals surface area contributed by atoms with Gasteiger partial charge in [0.05, 0.1) is 18.0 Å². The average molecular weight is 442 g/mol. The van der Waals surface area contributed by atoms with Crippen molar-refractivity contribution in [2.45, 2.75) is 66.2 Å². The third-order valence-corrected chi connectivity index (χ3v) is 5.69. The molecule has 0 heterocycles. The Hall–Kier alpha value is -2.40. The zero-order valence-corrected chi connectivity index (χ0v) is 21.0. The van der Waals surface area contributed by atoms with E-state index in [4.69, 9.17) is 15.2 Å². The molecule has 0 saturated carbocycles. The highest BCUT2D eigenvalue weighted by Crippen LogP contribution is 2.37. The molecule has 2 rings (SSSR count). The Morgan fingerprint density at radius 2 is 1.62 bits per heavy atom. The van der Waals surface area contributed by atoms with Crippen molar-refractivity contribution < 1.29 is 9.47 Å². The number of ether oxygens (including phenoxy) is 2. The van der Waals surface area contributed by atoms with Crippen molar-refractivity contribution >= 4 is 11.4 Å². The molecule has 0 bridgehead atoms. The van der Waals surface area contributed by atoms with Gasteiger partial charge in [-0.05, 0) is 49.0 Å². The number of hydrogen-bond acceptors (Lipinski definition) is 5. The van der Waals surface area contributed by atoms with Gasteiger partial charge in [-0.2, -0.15) is 0 Å². The van der Waals surface area contributed by atoms with Crippen LogP contribution in [0.3, 0.4) is 0 Å². The van der Waals surface area contributed by atoms with Crippen LogP contribution in [0.15, 0.2) is 36.4 Å². The van der Waals surface area contributed by atoms with Gasteiger partial charge >= 0.3 is 0 Å². The monoisotopic (exact) mass is 441 g/mol. The van der Waals surface area contributed by atoms with Crippen LogP contribution in [0.2, 0.25) is 0 Å². The Morgan fingerprint density at radius 3 is 2.22 bits per heavy atom. The minimum absolute atomic E-state index is 0.113. The van der Waals surface area contributed by atoms with Crippen LogP contribution in [0.5, 0.6) is 17.2 Å². The summed E-state index contributed by atoms with van der Waals surface area (Å²) in [6.45, 7) is 17.8. The number of nitrogens with one attached hydrogen (secondary N) is 1. The number of nitrogen functional groups attached to an aromatic ring is 1. The quantitative estimate of drug-likeness (QED) is 0.268. The van der Waals surface area contributed by atoms with E-state index in [0.717, 1.165) is 62.6 Å². The lowest BCUT2D eigenvalue weighted by Gasteiger charge is -2.20. The zero-order chi connectivity index (χ0) is 23.6. The van der Waals surface area contributed by atoms with E-state index in [9.17, 15) is 0 Å². The predicted octanol–water partition coefficient (Wildman–Crippen LogP) is 6.68. The number of rotatable bonds is 13. The Morgan fingerprint density at radius 1 is 0.938 bits per heavy atom. The summed E-state index contributed by atoms with van der Waals surface area (Å²) in [5, 5.41) is 3.44. The lowest BCUT2D eigenvalue weighted by molar-refractivity contribution is 0.249. The van der Waals surface area contributed by atoms with Gasteiger partial charge in [0.25, 0.3) is 0 Å². The van der Waals surface area contributed by atoms with Gasteiger partial charge in [-0.1, -0.05) is 60.1 Å². The van der Waals surface area contributed by atoms with Gasteiger partial charge in [0.1, 0.15) is 17.2 Å². The molecule has 2 aromatic rings. The summed E-state index contributed by atoms with van der Waals surface area (Å²) in [7, 11) is 0. The van der Waals surface area contributed by atoms with Crippen LogP contribution in [0.4, 0.5) is 11.4 Å². The number of hydrogen-bond donors (Lipinski definition) is 2. The van der Waals surface area contributed by atoms with Crippen molar-refractivity contribution in [2.24, 2.45) is 0 Å². The first-order chi connectivity index (χ1) is 15.3. The maximum atomic E-state index is 6.44. The molecule has 0 aromatic heterocycles. The van der Waals surface area contributed by atoms with Gasteiger partial charge in [-0.25, -0.2) is 0 Å². The summed E-state index contributed by atoms with van der Waals surface area (Å²) in [6.07, 6.45) is 3.16. The second-order valence-electron chi connectivity index (χ2n) is 9.27. The van der Waals surface area contributed by atoms with E-state index in [1.807, 2.05) is 24.3 Å². The molecule has 0 radical (unpaired) electrons. The van der Waals surface area contributed by atoms with Crippen LogP contribution in [-0.4, -0.2) is 37.7 Å². The number of unbranched alkanes of at least 4 members (excludes halogenated alkanes) is 1. The van der Waals surface area contributed by atoms with E-state index >= 15 is 0 Å². The highest BCUT2D eigenvalue weighted by Gasteiger charge is 2.14. The minimum atomic E-state index is 0.113. The Balaban J connectivity index is 2.16.